The average Bonchev–Trinajstić information content (AvgIpc) is 2.74. The number of hydrogen-bond donors (Lipinski definition) is 2. The van der Waals surface area contributed by atoms with Crippen LogP contribution in [0.1, 0.15) is 17.5 Å². The fourth-order valence-electron chi connectivity index (χ4n) is 2.71. The molecule has 0 aliphatic rings. The van der Waals surface area contributed by atoms with E-state index in [2.05, 4.69) is 26.0 Å². The molecule has 3 aromatic rings. The van der Waals surface area contributed by atoms with Crippen molar-refractivity contribution in [2.75, 3.05) is 5.32 Å². The Morgan fingerprint density at radius 3 is 2.14 bits per heavy atom. The quantitative estimate of drug-likeness (QED) is 0.506. The maximum absolute atomic E-state index is 12.4. The molecule has 0 atom stereocenters. The lowest BCUT2D eigenvalue weighted by Crippen LogP contribution is -2.23. The molecule has 0 aliphatic heterocycles. The van der Waals surface area contributed by atoms with Gasteiger partial charge in [0.2, 0.25) is 15.9 Å². The van der Waals surface area contributed by atoms with Crippen molar-refractivity contribution in [3.8, 4) is 0 Å². The summed E-state index contributed by atoms with van der Waals surface area (Å²) < 4.78 is 28.4. The second-order valence-electron chi connectivity index (χ2n) is 6.51. The Labute approximate surface area is 179 Å². The minimum atomic E-state index is -3.58. The zero-order valence-electron chi connectivity index (χ0n) is 15.6. The van der Waals surface area contributed by atoms with E-state index < -0.39 is 10.0 Å². The molecule has 7 heteroatoms. The molecule has 0 spiro atoms. The van der Waals surface area contributed by atoms with E-state index in [0.29, 0.717) is 12.8 Å². The SMILES string of the molecule is O=C(CCc1ccc(S(=O)(=O)NCc2ccccc2)cc1)Nc1ccc(Br)cc1. The maximum Gasteiger partial charge on any atom is 0.240 e. The first-order valence-electron chi connectivity index (χ1n) is 9.10. The number of anilines is 1. The van der Waals surface area contributed by atoms with Crippen molar-refractivity contribution in [3.05, 3.63) is 94.5 Å². The predicted octanol–water partition coefficient (Wildman–Crippen LogP) is 4.50. The summed E-state index contributed by atoms with van der Waals surface area (Å²) >= 11 is 3.35. The van der Waals surface area contributed by atoms with Crippen LogP contribution >= 0.6 is 15.9 Å². The minimum Gasteiger partial charge on any atom is -0.326 e. The molecule has 0 bridgehead atoms. The Balaban J connectivity index is 1.52. The third kappa shape index (κ3) is 6.52. The van der Waals surface area contributed by atoms with Crippen LogP contribution in [0.4, 0.5) is 5.69 Å². The number of hydrogen-bond acceptors (Lipinski definition) is 3. The highest BCUT2D eigenvalue weighted by atomic mass is 79.9. The van der Waals surface area contributed by atoms with E-state index in [0.717, 1.165) is 21.3 Å². The monoisotopic (exact) mass is 472 g/mol. The Kier molecular flexibility index (Phi) is 7.19. The van der Waals surface area contributed by atoms with Crippen LogP contribution in [-0.4, -0.2) is 14.3 Å². The molecule has 0 saturated carbocycles. The summed E-state index contributed by atoms with van der Waals surface area (Å²) in [6, 6.07) is 23.3. The second kappa shape index (κ2) is 9.82. The van der Waals surface area contributed by atoms with Crippen LogP contribution in [0.25, 0.3) is 0 Å². The minimum absolute atomic E-state index is 0.0893. The zero-order chi connectivity index (χ0) is 20.7. The van der Waals surface area contributed by atoms with Gasteiger partial charge >= 0.3 is 0 Å². The fraction of sp³-hybridized carbons (Fsp3) is 0.136. The number of nitrogens with one attached hydrogen (secondary N) is 2. The predicted molar refractivity (Wildman–Crippen MR) is 118 cm³/mol. The summed E-state index contributed by atoms with van der Waals surface area (Å²) in [6.07, 6.45) is 0.842. The molecular formula is C22H21BrN2O3S. The fourth-order valence-corrected chi connectivity index (χ4v) is 3.99. The largest absolute Gasteiger partial charge is 0.326 e. The molecule has 0 unspecified atom stereocenters. The lowest BCUT2D eigenvalue weighted by atomic mass is 10.1. The summed E-state index contributed by atoms with van der Waals surface area (Å²) in [5, 5.41) is 2.84. The highest BCUT2D eigenvalue weighted by molar-refractivity contribution is 9.10. The van der Waals surface area contributed by atoms with Crippen molar-refractivity contribution in [2.24, 2.45) is 0 Å². The molecular weight excluding hydrogens is 452 g/mol. The van der Waals surface area contributed by atoms with Gasteiger partial charge in [-0.05, 0) is 53.9 Å². The Morgan fingerprint density at radius 1 is 0.828 bits per heavy atom. The average molecular weight is 473 g/mol. The molecule has 0 aliphatic carbocycles. The summed E-state index contributed by atoms with van der Waals surface area (Å²) in [4.78, 5) is 12.3. The van der Waals surface area contributed by atoms with Crippen LogP contribution in [-0.2, 0) is 27.8 Å². The number of rotatable bonds is 8. The first-order valence-corrected chi connectivity index (χ1v) is 11.4. The second-order valence-corrected chi connectivity index (χ2v) is 9.19. The molecule has 5 nitrogen and oxygen atoms in total. The smallest absolute Gasteiger partial charge is 0.240 e. The number of halogens is 1. The number of sulfonamides is 1. The molecule has 0 heterocycles. The first kappa shape index (κ1) is 21.2. The van der Waals surface area contributed by atoms with E-state index in [-0.39, 0.29) is 17.3 Å². The van der Waals surface area contributed by atoms with Gasteiger partial charge in [-0.3, -0.25) is 4.79 Å². The van der Waals surface area contributed by atoms with E-state index in [1.807, 2.05) is 54.6 Å². The molecule has 0 aromatic heterocycles. The van der Waals surface area contributed by atoms with Gasteiger partial charge in [-0.1, -0.05) is 58.4 Å². The van der Waals surface area contributed by atoms with Gasteiger partial charge in [0.25, 0.3) is 0 Å². The molecule has 2 N–H and O–H groups in total. The molecule has 29 heavy (non-hydrogen) atoms. The van der Waals surface area contributed by atoms with Crippen molar-refractivity contribution < 1.29 is 13.2 Å². The first-order chi connectivity index (χ1) is 13.9. The Hall–Kier alpha value is -2.48. The van der Waals surface area contributed by atoms with Crippen LogP contribution in [0.15, 0.2) is 88.2 Å². The van der Waals surface area contributed by atoms with Gasteiger partial charge in [0, 0.05) is 23.1 Å². The number of amides is 1. The van der Waals surface area contributed by atoms with Gasteiger partial charge in [0.1, 0.15) is 0 Å². The third-order valence-corrected chi connectivity index (χ3v) is 6.26. The number of aryl methyl sites for hydroxylation is 1. The highest BCUT2D eigenvalue weighted by Gasteiger charge is 2.13. The lowest BCUT2D eigenvalue weighted by Gasteiger charge is -2.08. The summed E-state index contributed by atoms with van der Waals surface area (Å²) in [5.74, 6) is -0.0893. The standard InChI is InChI=1S/C22H21BrN2O3S/c23-19-9-11-20(12-10-19)25-22(26)15-8-17-6-13-21(14-7-17)29(27,28)24-16-18-4-2-1-3-5-18/h1-7,9-14,24H,8,15-16H2,(H,25,26). The van der Waals surface area contributed by atoms with Gasteiger partial charge < -0.3 is 5.32 Å². The number of carbonyl (C=O) groups excluding carboxylic acids is 1. The molecule has 150 valence electrons. The van der Waals surface area contributed by atoms with Crippen LogP contribution in [0, 0.1) is 0 Å². The zero-order valence-corrected chi connectivity index (χ0v) is 18.0. The maximum atomic E-state index is 12.4. The van der Waals surface area contributed by atoms with Crippen LogP contribution < -0.4 is 10.0 Å². The van der Waals surface area contributed by atoms with Crippen molar-refractivity contribution in [1.29, 1.82) is 0 Å². The van der Waals surface area contributed by atoms with E-state index in [9.17, 15) is 13.2 Å². The third-order valence-electron chi connectivity index (χ3n) is 4.31. The van der Waals surface area contributed by atoms with Gasteiger partial charge in [-0.15, -0.1) is 0 Å². The number of benzene rings is 3. The van der Waals surface area contributed by atoms with Crippen LogP contribution in [0.2, 0.25) is 0 Å². The van der Waals surface area contributed by atoms with E-state index in [1.165, 1.54) is 0 Å². The van der Waals surface area contributed by atoms with Crippen molar-refractivity contribution >= 4 is 37.5 Å². The Bertz CT molecular complexity index is 1050. The molecule has 3 rings (SSSR count). The topological polar surface area (TPSA) is 75.3 Å². The normalized spacial score (nSPS) is 11.2. The van der Waals surface area contributed by atoms with Crippen LogP contribution in [0.5, 0.6) is 0 Å². The lowest BCUT2D eigenvalue weighted by molar-refractivity contribution is -0.116. The molecule has 3 aromatic carbocycles. The molecule has 0 fully saturated rings. The summed E-state index contributed by atoms with van der Waals surface area (Å²) in [5.41, 5.74) is 2.53. The molecule has 0 radical (unpaired) electrons. The van der Waals surface area contributed by atoms with E-state index in [4.69, 9.17) is 0 Å². The van der Waals surface area contributed by atoms with E-state index in [1.54, 1.807) is 24.3 Å². The van der Waals surface area contributed by atoms with Gasteiger partial charge in [0.05, 0.1) is 4.90 Å². The van der Waals surface area contributed by atoms with E-state index >= 15 is 0 Å². The van der Waals surface area contributed by atoms with Crippen molar-refractivity contribution in [2.45, 2.75) is 24.3 Å². The summed E-state index contributed by atoms with van der Waals surface area (Å²) in [6.45, 7) is 0.237. The van der Waals surface area contributed by atoms with Crippen molar-refractivity contribution in [1.82, 2.24) is 4.72 Å². The van der Waals surface area contributed by atoms with Crippen molar-refractivity contribution in [3.63, 3.8) is 0 Å². The molecule has 1 amide bonds. The Morgan fingerprint density at radius 2 is 1.48 bits per heavy atom. The van der Waals surface area contributed by atoms with Gasteiger partial charge in [0.15, 0.2) is 0 Å². The van der Waals surface area contributed by atoms with Gasteiger partial charge in [-0.25, -0.2) is 13.1 Å². The molecule has 0 saturated heterocycles. The number of carbonyl (C=O) groups is 1. The van der Waals surface area contributed by atoms with Crippen LogP contribution in [0.3, 0.4) is 0 Å². The highest BCUT2D eigenvalue weighted by Crippen LogP contribution is 2.16. The van der Waals surface area contributed by atoms with Gasteiger partial charge in [-0.2, -0.15) is 0 Å². The summed E-state index contributed by atoms with van der Waals surface area (Å²) in [7, 11) is -3.58.